The van der Waals surface area contributed by atoms with Crippen LogP contribution in [0.3, 0.4) is 0 Å². The van der Waals surface area contributed by atoms with E-state index in [9.17, 15) is 9.59 Å². The minimum Gasteiger partial charge on any atom is -0.465 e. The van der Waals surface area contributed by atoms with E-state index in [2.05, 4.69) is 10.3 Å². The number of likely N-dealkylation sites (tertiary alicyclic amines) is 1. The number of carboxylic acid groups (broad SMARTS) is 1. The van der Waals surface area contributed by atoms with Crippen molar-refractivity contribution in [2.24, 2.45) is 11.3 Å². The Bertz CT molecular complexity index is 815. The molecule has 4 rings (SSSR count). The fourth-order valence-corrected chi connectivity index (χ4v) is 3.41. The first-order valence-corrected chi connectivity index (χ1v) is 7.99. The van der Waals surface area contributed by atoms with Crippen LogP contribution in [-0.4, -0.2) is 51.6 Å². The average molecular weight is 334 g/mol. The SMILES string of the molecule is [2H]C1CN(C(=O)O)CCC12C([2H])([2H])C2([2H])CNC(=O)N1Cc2ccncc2C1. The molecule has 3 amide bonds. The largest absolute Gasteiger partial charge is 0.465 e. The molecule has 0 bridgehead atoms. The van der Waals surface area contributed by atoms with E-state index in [1.807, 2.05) is 6.07 Å². The number of fused-ring (bicyclic) bond motifs is 1. The summed E-state index contributed by atoms with van der Waals surface area (Å²) >= 11 is 0. The summed E-state index contributed by atoms with van der Waals surface area (Å²) in [6.07, 6.45) is -0.684. The quantitative estimate of drug-likeness (QED) is 0.865. The van der Waals surface area contributed by atoms with Crippen LogP contribution in [0, 0.1) is 11.3 Å². The number of aromatic nitrogens is 1. The molecule has 0 radical (unpaired) electrons. The molecule has 1 aliphatic carbocycles. The van der Waals surface area contributed by atoms with Gasteiger partial charge in [0.05, 0.1) is 0 Å². The Hall–Kier alpha value is -2.31. The normalized spacial score (nSPS) is 38.6. The number of carbonyl (C=O) groups excluding carboxylic acids is 1. The Kier molecular flexibility index (Phi) is 2.65. The van der Waals surface area contributed by atoms with Crippen molar-refractivity contribution >= 4 is 12.1 Å². The molecule has 3 heterocycles. The summed E-state index contributed by atoms with van der Waals surface area (Å²) in [5.74, 6) is -1.65. The van der Waals surface area contributed by atoms with Crippen molar-refractivity contribution in [1.29, 1.82) is 0 Å². The summed E-state index contributed by atoms with van der Waals surface area (Å²) in [6, 6.07) is 1.47. The Morgan fingerprint density at radius 1 is 1.42 bits per heavy atom. The summed E-state index contributed by atoms with van der Waals surface area (Å²) in [5, 5.41) is 11.8. The minimum atomic E-state index is -1.97. The van der Waals surface area contributed by atoms with Gasteiger partial charge in [0.15, 0.2) is 0 Å². The lowest BCUT2D eigenvalue weighted by Gasteiger charge is -2.31. The molecule has 1 aromatic heterocycles. The van der Waals surface area contributed by atoms with Crippen molar-refractivity contribution in [3.8, 4) is 0 Å². The number of rotatable bonds is 2. The van der Waals surface area contributed by atoms with Gasteiger partial charge in [0.2, 0.25) is 0 Å². The standard InChI is InChI=1S/C17H22N4O3/c22-15(21-10-12-1-4-18-8-13(12)11-21)19-9-14-7-17(14)2-5-20(6-3-17)16(23)24/h1,4,8,14H,2-3,5-7,9-11H2,(H,19,22)(H,23,24)/i2D,7D2,14D. The lowest BCUT2D eigenvalue weighted by Crippen LogP contribution is -2.40. The van der Waals surface area contributed by atoms with E-state index >= 15 is 0 Å². The maximum atomic E-state index is 12.5. The molecule has 1 saturated heterocycles. The summed E-state index contributed by atoms with van der Waals surface area (Å²) in [4.78, 5) is 30.4. The molecule has 1 saturated carbocycles. The highest BCUT2D eigenvalue weighted by Crippen LogP contribution is 2.59. The van der Waals surface area contributed by atoms with Crippen molar-refractivity contribution in [1.82, 2.24) is 20.1 Å². The van der Waals surface area contributed by atoms with Crippen LogP contribution in [0.4, 0.5) is 9.59 Å². The molecular weight excluding hydrogens is 308 g/mol. The van der Waals surface area contributed by atoms with Crippen LogP contribution >= 0.6 is 0 Å². The van der Waals surface area contributed by atoms with E-state index in [0.29, 0.717) is 13.1 Å². The highest BCUT2D eigenvalue weighted by atomic mass is 16.4. The van der Waals surface area contributed by atoms with Crippen LogP contribution in [0.1, 0.15) is 35.8 Å². The molecule has 3 aliphatic rings. The van der Waals surface area contributed by atoms with E-state index in [-0.39, 0.29) is 32.1 Å². The molecule has 2 N–H and O–H groups in total. The van der Waals surface area contributed by atoms with E-state index in [4.69, 9.17) is 10.6 Å². The highest BCUT2D eigenvalue weighted by Gasteiger charge is 2.54. The van der Waals surface area contributed by atoms with Crippen molar-refractivity contribution in [2.75, 3.05) is 19.6 Å². The second-order valence-corrected chi connectivity index (χ2v) is 6.42. The van der Waals surface area contributed by atoms with Crippen molar-refractivity contribution in [3.05, 3.63) is 29.6 Å². The molecule has 128 valence electrons. The number of piperidine rings is 1. The molecule has 7 nitrogen and oxygen atoms in total. The Labute approximate surface area is 146 Å². The molecule has 24 heavy (non-hydrogen) atoms. The highest BCUT2D eigenvalue weighted by molar-refractivity contribution is 5.75. The van der Waals surface area contributed by atoms with Gasteiger partial charge in [-0.15, -0.1) is 0 Å². The molecule has 1 aromatic rings. The van der Waals surface area contributed by atoms with Gasteiger partial charge in [-0.2, -0.15) is 0 Å². The third-order valence-corrected chi connectivity index (χ3v) is 4.99. The predicted octanol–water partition coefficient (Wildman–Crippen LogP) is 1.89. The van der Waals surface area contributed by atoms with E-state index in [1.165, 1.54) is 0 Å². The van der Waals surface area contributed by atoms with Gasteiger partial charge in [0.25, 0.3) is 0 Å². The van der Waals surface area contributed by atoms with Gasteiger partial charge < -0.3 is 20.2 Å². The summed E-state index contributed by atoms with van der Waals surface area (Å²) < 4.78 is 33.7. The van der Waals surface area contributed by atoms with Crippen molar-refractivity contribution in [3.63, 3.8) is 0 Å². The summed E-state index contributed by atoms with van der Waals surface area (Å²) in [5.41, 5.74) is 0.692. The number of nitrogens with zero attached hydrogens (tertiary/aromatic N) is 3. The Balaban J connectivity index is 1.42. The van der Waals surface area contributed by atoms with Crippen molar-refractivity contribution in [2.45, 2.75) is 32.3 Å². The molecule has 0 aromatic carbocycles. The van der Waals surface area contributed by atoms with E-state index in [1.54, 1.807) is 17.3 Å². The minimum absolute atomic E-state index is 0.0905. The fraction of sp³-hybridized carbons (Fsp3) is 0.588. The topological polar surface area (TPSA) is 85.8 Å². The zero-order chi connectivity index (χ0) is 20.3. The van der Waals surface area contributed by atoms with Gasteiger partial charge in [0.1, 0.15) is 0 Å². The molecule has 3 unspecified atom stereocenters. The molecule has 1 spiro atoms. The Morgan fingerprint density at radius 3 is 3.00 bits per heavy atom. The second-order valence-electron chi connectivity index (χ2n) is 6.42. The first-order chi connectivity index (χ1) is 13.1. The number of pyridine rings is 1. The second kappa shape index (κ2) is 5.65. The summed E-state index contributed by atoms with van der Waals surface area (Å²) in [7, 11) is 0. The Morgan fingerprint density at radius 2 is 2.25 bits per heavy atom. The maximum Gasteiger partial charge on any atom is 0.407 e. The van der Waals surface area contributed by atoms with Crippen LogP contribution in [0.25, 0.3) is 0 Å². The molecule has 2 fully saturated rings. The van der Waals surface area contributed by atoms with E-state index < -0.39 is 30.2 Å². The lowest BCUT2D eigenvalue weighted by atomic mass is 9.91. The fourth-order valence-electron chi connectivity index (χ4n) is 3.41. The van der Waals surface area contributed by atoms with Crippen molar-refractivity contribution < 1.29 is 20.2 Å². The summed E-state index contributed by atoms with van der Waals surface area (Å²) in [6.45, 7) is 0.589. The number of hydrogen-bond acceptors (Lipinski definition) is 3. The van der Waals surface area contributed by atoms with Gasteiger partial charge in [0, 0.05) is 50.6 Å². The molecule has 7 heteroatoms. The first-order valence-electron chi connectivity index (χ1n) is 10.1. The van der Waals surface area contributed by atoms with Gasteiger partial charge in [-0.3, -0.25) is 4.98 Å². The van der Waals surface area contributed by atoms with Gasteiger partial charge in [-0.1, -0.05) is 0 Å². The average Bonchev–Trinajstić information content (AvgIpc) is 2.95. The zero-order valence-electron chi connectivity index (χ0n) is 17.2. The number of carbonyl (C=O) groups is 2. The number of nitrogens with one attached hydrogen (secondary N) is 1. The van der Waals surface area contributed by atoms with Gasteiger partial charge >= 0.3 is 12.1 Å². The van der Waals surface area contributed by atoms with Crippen LogP contribution in [0.5, 0.6) is 0 Å². The van der Waals surface area contributed by atoms with Crippen LogP contribution in [-0.2, 0) is 13.1 Å². The molecule has 3 atom stereocenters. The van der Waals surface area contributed by atoms with Gasteiger partial charge in [-0.25, -0.2) is 9.59 Å². The third kappa shape index (κ3) is 2.68. The maximum absolute atomic E-state index is 12.5. The lowest BCUT2D eigenvalue weighted by molar-refractivity contribution is 0.117. The number of hydrogen-bond donors (Lipinski definition) is 2. The molecule has 2 aliphatic heterocycles. The first kappa shape index (κ1) is 11.3. The third-order valence-electron chi connectivity index (χ3n) is 4.99. The van der Waals surface area contributed by atoms with E-state index in [0.717, 1.165) is 16.0 Å². The smallest absolute Gasteiger partial charge is 0.407 e. The zero-order valence-corrected chi connectivity index (χ0v) is 13.2. The molecular formula is C17H22N4O3. The number of urea groups is 1. The van der Waals surface area contributed by atoms with Crippen LogP contribution < -0.4 is 5.32 Å². The van der Waals surface area contributed by atoms with Crippen LogP contribution in [0.15, 0.2) is 18.5 Å². The predicted molar refractivity (Wildman–Crippen MR) is 86.3 cm³/mol. The monoisotopic (exact) mass is 334 g/mol. The van der Waals surface area contributed by atoms with Crippen LogP contribution in [0.2, 0.25) is 0 Å². The van der Waals surface area contributed by atoms with Gasteiger partial charge in [-0.05, 0) is 47.7 Å². The number of amides is 3.